The molecule has 1 aliphatic rings. The quantitative estimate of drug-likeness (QED) is 0.0263. The van der Waals surface area contributed by atoms with E-state index < -0.39 is 61.3 Å². The lowest BCUT2D eigenvalue weighted by Crippen LogP contribution is -2.60. The van der Waals surface area contributed by atoms with Gasteiger partial charge in [0.1, 0.15) is 24.9 Å². The largest absolute Gasteiger partial charge is 0.479 e. The molecule has 6 unspecified atom stereocenters. The Labute approximate surface area is 374 Å². The summed E-state index contributed by atoms with van der Waals surface area (Å²) in [5, 5.41) is 39.9. The molecule has 1 rings (SSSR count). The van der Waals surface area contributed by atoms with E-state index in [-0.39, 0.29) is 19.4 Å². The van der Waals surface area contributed by atoms with Crippen molar-refractivity contribution in [3.63, 3.8) is 0 Å². The maximum atomic E-state index is 12.8. The maximum Gasteiger partial charge on any atom is 0.335 e. The maximum absolute atomic E-state index is 12.8. The van der Waals surface area contributed by atoms with E-state index in [1.165, 1.54) is 70.6 Å². The molecule has 1 heterocycles. The van der Waals surface area contributed by atoms with E-state index >= 15 is 0 Å². The van der Waals surface area contributed by atoms with Gasteiger partial charge in [0.15, 0.2) is 18.5 Å². The van der Waals surface area contributed by atoms with Crippen LogP contribution >= 0.6 is 0 Å². The summed E-state index contributed by atoms with van der Waals surface area (Å²) >= 11 is 0. The van der Waals surface area contributed by atoms with Gasteiger partial charge in [-0.2, -0.15) is 0 Å². The predicted octanol–water partition coefficient (Wildman–Crippen LogP) is 10.9. The highest BCUT2D eigenvalue weighted by molar-refractivity contribution is 5.73. The van der Waals surface area contributed by atoms with Crippen molar-refractivity contribution >= 4 is 17.9 Å². The molecule has 1 fully saturated rings. The average molecular weight is 873 g/mol. The molecule has 0 aromatic carbocycles. The number of esters is 2. The third-order valence-electron chi connectivity index (χ3n) is 10.5. The van der Waals surface area contributed by atoms with Gasteiger partial charge >= 0.3 is 17.9 Å². The van der Waals surface area contributed by atoms with Gasteiger partial charge < -0.3 is 39.4 Å². The summed E-state index contributed by atoms with van der Waals surface area (Å²) in [5.74, 6) is -2.51. The van der Waals surface area contributed by atoms with Gasteiger partial charge in [0.25, 0.3) is 0 Å². The molecule has 62 heavy (non-hydrogen) atoms. The standard InChI is InChI=1S/C51H84O11/c1-3-5-7-9-11-13-15-17-19-20-21-22-23-24-26-28-30-32-34-36-38-40-45(53)61-43(42-60-51-48(56)46(54)47(55)49(62-51)50(57)58)41-59-44(52)39-37-35-33-31-29-27-25-18-16-14-12-10-8-6-4-2/h6,8,12,14-15,17-18,20-21,25,29,31,43,46-49,51,54-56H,3-5,7,9-11,13,16,19,22-24,26-28,30,32-42H2,1-2H3,(H,57,58)/b8-6-,14-12-,17-15-,21-20-,25-18-,31-29-. The molecule has 0 aromatic rings. The van der Waals surface area contributed by atoms with Crippen LogP contribution in [0.3, 0.4) is 0 Å². The Morgan fingerprint density at radius 2 is 0.952 bits per heavy atom. The molecule has 354 valence electrons. The van der Waals surface area contributed by atoms with Gasteiger partial charge in [0.05, 0.1) is 6.61 Å². The van der Waals surface area contributed by atoms with Gasteiger partial charge in [-0.3, -0.25) is 9.59 Å². The van der Waals surface area contributed by atoms with Crippen LogP contribution in [0, 0.1) is 0 Å². The monoisotopic (exact) mass is 873 g/mol. The van der Waals surface area contributed by atoms with Crippen LogP contribution in [0.1, 0.15) is 181 Å². The highest BCUT2D eigenvalue weighted by atomic mass is 16.7. The lowest BCUT2D eigenvalue weighted by atomic mass is 9.99. The average Bonchev–Trinajstić information content (AvgIpc) is 3.26. The van der Waals surface area contributed by atoms with Crippen LogP contribution in [0.4, 0.5) is 0 Å². The van der Waals surface area contributed by atoms with Crippen molar-refractivity contribution in [2.24, 2.45) is 0 Å². The normalized spacial score (nSPS) is 20.2. The summed E-state index contributed by atoms with van der Waals surface area (Å²) in [5.41, 5.74) is 0. The van der Waals surface area contributed by atoms with Crippen molar-refractivity contribution in [2.45, 2.75) is 218 Å². The van der Waals surface area contributed by atoms with E-state index in [4.69, 9.17) is 18.9 Å². The van der Waals surface area contributed by atoms with Gasteiger partial charge in [-0.25, -0.2) is 4.79 Å². The number of carbonyl (C=O) groups is 3. The smallest absolute Gasteiger partial charge is 0.335 e. The van der Waals surface area contributed by atoms with Gasteiger partial charge in [-0.1, -0.05) is 157 Å². The van der Waals surface area contributed by atoms with E-state index in [9.17, 15) is 34.8 Å². The molecule has 0 aliphatic carbocycles. The van der Waals surface area contributed by atoms with Crippen molar-refractivity contribution in [1.29, 1.82) is 0 Å². The molecule has 11 heteroatoms. The number of aliphatic hydroxyl groups excluding tert-OH is 3. The van der Waals surface area contributed by atoms with Gasteiger partial charge in [-0.15, -0.1) is 0 Å². The fourth-order valence-electron chi connectivity index (χ4n) is 6.78. The lowest BCUT2D eigenvalue weighted by Gasteiger charge is -2.38. The number of ether oxygens (including phenoxy) is 4. The number of aliphatic hydroxyl groups is 3. The van der Waals surface area contributed by atoms with Crippen LogP contribution in [-0.2, 0) is 33.3 Å². The van der Waals surface area contributed by atoms with Crippen LogP contribution in [-0.4, -0.2) is 88.4 Å². The lowest BCUT2D eigenvalue weighted by molar-refractivity contribution is -0.298. The Hall–Kier alpha value is -3.35. The minimum Gasteiger partial charge on any atom is -0.479 e. The summed E-state index contributed by atoms with van der Waals surface area (Å²) in [6.45, 7) is 3.65. The zero-order chi connectivity index (χ0) is 45.3. The van der Waals surface area contributed by atoms with Gasteiger partial charge in [-0.05, 0) is 83.5 Å². The van der Waals surface area contributed by atoms with E-state index in [1.54, 1.807) is 0 Å². The Bertz CT molecular complexity index is 1300. The second kappa shape index (κ2) is 40.4. The number of carboxylic acid groups (broad SMARTS) is 1. The van der Waals surface area contributed by atoms with Gasteiger partial charge in [0.2, 0.25) is 0 Å². The zero-order valence-electron chi connectivity index (χ0n) is 38.3. The number of aliphatic carboxylic acids is 1. The molecular weight excluding hydrogens is 789 g/mol. The molecule has 0 aromatic heterocycles. The SMILES string of the molecule is CC/C=C\C/C=C\C/C=C\C/C=C\CCCCC(=O)OCC(COC1OC(C(=O)O)C(O)C(O)C1O)OC(=O)CCCCCCCCCCC/C=C\C/C=C\CCCCCCC. The molecule has 0 spiro atoms. The predicted molar refractivity (Wildman–Crippen MR) is 247 cm³/mol. The Balaban J connectivity index is 2.36. The van der Waals surface area contributed by atoms with E-state index in [0.717, 1.165) is 70.6 Å². The number of hydrogen-bond donors (Lipinski definition) is 4. The van der Waals surface area contributed by atoms with Crippen molar-refractivity contribution < 1.29 is 53.8 Å². The number of hydrogen-bond acceptors (Lipinski definition) is 10. The van der Waals surface area contributed by atoms with Gasteiger partial charge in [0, 0.05) is 12.8 Å². The first-order valence-electron chi connectivity index (χ1n) is 24.0. The van der Waals surface area contributed by atoms with Crippen molar-refractivity contribution in [3.05, 3.63) is 72.9 Å². The third-order valence-corrected chi connectivity index (χ3v) is 10.5. The number of rotatable bonds is 39. The Morgan fingerprint density at radius 1 is 0.516 bits per heavy atom. The number of carbonyl (C=O) groups excluding carboxylic acids is 2. The van der Waals surface area contributed by atoms with Crippen molar-refractivity contribution in [2.75, 3.05) is 13.2 Å². The van der Waals surface area contributed by atoms with Crippen LogP contribution in [0.25, 0.3) is 0 Å². The van der Waals surface area contributed by atoms with Crippen LogP contribution in [0.5, 0.6) is 0 Å². The molecule has 0 amide bonds. The highest BCUT2D eigenvalue weighted by Crippen LogP contribution is 2.23. The molecule has 1 aliphatic heterocycles. The minimum absolute atomic E-state index is 0.165. The van der Waals surface area contributed by atoms with Crippen LogP contribution < -0.4 is 0 Å². The molecule has 1 saturated heterocycles. The highest BCUT2D eigenvalue weighted by Gasteiger charge is 2.47. The molecule has 6 atom stereocenters. The van der Waals surface area contributed by atoms with E-state index in [1.807, 2.05) is 0 Å². The summed E-state index contributed by atoms with van der Waals surface area (Å²) in [7, 11) is 0. The minimum atomic E-state index is -1.87. The fourth-order valence-corrected chi connectivity index (χ4v) is 6.78. The summed E-state index contributed by atoms with van der Waals surface area (Å²) < 4.78 is 21.7. The fraction of sp³-hybridized carbons (Fsp3) is 0.706. The summed E-state index contributed by atoms with van der Waals surface area (Å²) in [6, 6.07) is 0. The topological polar surface area (TPSA) is 169 Å². The van der Waals surface area contributed by atoms with Crippen LogP contribution in [0.2, 0.25) is 0 Å². The van der Waals surface area contributed by atoms with Crippen LogP contribution in [0.15, 0.2) is 72.9 Å². The first kappa shape index (κ1) is 56.7. The van der Waals surface area contributed by atoms with Crippen molar-refractivity contribution in [1.82, 2.24) is 0 Å². The van der Waals surface area contributed by atoms with E-state index in [2.05, 4.69) is 86.8 Å². The summed E-state index contributed by atoms with van der Waals surface area (Å²) in [6.07, 6.45) is 42.4. The van der Waals surface area contributed by atoms with E-state index in [0.29, 0.717) is 12.8 Å². The molecule has 4 N–H and O–H groups in total. The molecule has 0 bridgehead atoms. The first-order chi connectivity index (χ1) is 30.2. The number of carboxylic acids is 1. The number of allylic oxidation sites excluding steroid dienone is 12. The Kier molecular flexibility index (Phi) is 36.9. The molecular formula is C51H84O11. The zero-order valence-corrected chi connectivity index (χ0v) is 38.3. The second-order valence-corrected chi connectivity index (χ2v) is 16.2. The molecule has 0 saturated carbocycles. The second-order valence-electron chi connectivity index (χ2n) is 16.2. The third kappa shape index (κ3) is 31.5. The molecule has 11 nitrogen and oxygen atoms in total. The number of unbranched alkanes of at least 4 members (excludes halogenated alkanes) is 16. The Morgan fingerprint density at radius 3 is 1.47 bits per heavy atom. The van der Waals surface area contributed by atoms with Crippen molar-refractivity contribution in [3.8, 4) is 0 Å². The first-order valence-corrected chi connectivity index (χ1v) is 24.0. The molecule has 0 radical (unpaired) electrons. The summed E-state index contributed by atoms with van der Waals surface area (Å²) in [4.78, 5) is 36.9.